The summed E-state index contributed by atoms with van der Waals surface area (Å²) in [7, 11) is 3.17. The Labute approximate surface area is 116 Å². The largest absolute Gasteiger partial charge is 0.353 e. The summed E-state index contributed by atoms with van der Waals surface area (Å²) in [5.41, 5.74) is 0.240. The van der Waals surface area contributed by atoms with Crippen LogP contribution in [0.1, 0.15) is 18.4 Å². The Morgan fingerprint density at radius 3 is 2.22 bits per heavy atom. The van der Waals surface area contributed by atoms with Crippen LogP contribution in [-0.2, 0) is 14.9 Å². The summed E-state index contributed by atoms with van der Waals surface area (Å²) in [5, 5.41) is 10.4. The number of rotatable bonds is 3. The monoisotopic (exact) mass is 285 g/mol. The molecule has 1 aromatic carbocycles. The van der Waals surface area contributed by atoms with E-state index >= 15 is 0 Å². The van der Waals surface area contributed by atoms with E-state index < -0.39 is 11.2 Å². The zero-order valence-electron chi connectivity index (χ0n) is 10.2. The Bertz CT molecular complexity index is 498. The van der Waals surface area contributed by atoms with Crippen molar-refractivity contribution in [1.29, 1.82) is 5.26 Å². The van der Waals surface area contributed by atoms with E-state index in [1.807, 2.05) is 6.07 Å². The first-order valence-corrected chi connectivity index (χ1v) is 6.23. The Kier molecular flexibility index (Phi) is 3.57. The number of methoxy groups -OCH3 is 2. The van der Waals surface area contributed by atoms with E-state index in [2.05, 4.69) is 6.07 Å². The highest BCUT2D eigenvalue weighted by atomic mass is 35.5. The number of nitriles is 1. The van der Waals surface area contributed by atoms with Gasteiger partial charge in [-0.1, -0.05) is 29.3 Å². The standard InChI is InChI=1S/C13H13Cl2NO2/c1-17-13(18-2)6-12(7-13,8-16)9-3-4-10(14)11(15)5-9/h3-5H,6-7H2,1-2H3. The summed E-state index contributed by atoms with van der Waals surface area (Å²) in [5.74, 6) is -0.665. The van der Waals surface area contributed by atoms with Gasteiger partial charge in [-0.3, -0.25) is 0 Å². The predicted molar refractivity (Wildman–Crippen MR) is 69.7 cm³/mol. The summed E-state index contributed by atoms with van der Waals surface area (Å²) in [4.78, 5) is 0. The first kappa shape index (κ1) is 13.6. The van der Waals surface area contributed by atoms with E-state index in [-0.39, 0.29) is 0 Å². The summed E-state index contributed by atoms with van der Waals surface area (Å²) in [6.07, 6.45) is 0.975. The van der Waals surface area contributed by atoms with Crippen molar-refractivity contribution in [1.82, 2.24) is 0 Å². The van der Waals surface area contributed by atoms with Crippen molar-refractivity contribution >= 4 is 23.2 Å². The maximum absolute atomic E-state index is 9.44. The SMILES string of the molecule is COC1(OC)CC(C#N)(c2ccc(Cl)c(Cl)c2)C1. The van der Waals surface area contributed by atoms with Crippen LogP contribution in [0.3, 0.4) is 0 Å². The molecular formula is C13H13Cl2NO2. The van der Waals surface area contributed by atoms with Crippen LogP contribution in [0.5, 0.6) is 0 Å². The molecule has 1 saturated carbocycles. The number of halogens is 2. The third kappa shape index (κ3) is 2.00. The van der Waals surface area contributed by atoms with Crippen molar-refractivity contribution in [3.63, 3.8) is 0 Å². The number of ether oxygens (including phenoxy) is 2. The maximum Gasteiger partial charge on any atom is 0.171 e. The lowest BCUT2D eigenvalue weighted by Gasteiger charge is -2.50. The van der Waals surface area contributed by atoms with Gasteiger partial charge < -0.3 is 9.47 Å². The van der Waals surface area contributed by atoms with Crippen molar-refractivity contribution < 1.29 is 9.47 Å². The Hall–Kier alpha value is -0.790. The molecule has 0 aromatic heterocycles. The van der Waals surface area contributed by atoms with Gasteiger partial charge >= 0.3 is 0 Å². The van der Waals surface area contributed by atoms with Crippen molar-refractivity contribution in [2.24, 2.45) is 0 Å². The third-order valence-corrected chi connectivity index (χ3v) is 4.31. The smallest absolute Gasteiger partial charge is 0.171 e. The van der Waals surface area contributed by atoms with Gasteiger partial charge in [0.2, 0.25) is 0 Å². The summed E-state index contributed by atoms with van der Waals surface area (Å²) in [6.45, 7) is 0. The van der Waals surface area contributed by atoms with Gasteiger partial charge in [-0.15, -0.1) is 0 Å². The fraction of sp³-hybridized carbons (Fsp3) is 0.462. The highest BCUT2D eigenvalue weighted by Gasteiger charge is 2.57. The zero-order chi connectivity index (χ0) is 13.4. The van der Waals surface area contributed by atoms with Gasteiger partial charge in [0.15, 0.2) is 5.79 Å². The van der Waals surface area contributed by atoms with Crippen LogP contribution < -0.4 is 0 Å². The molecule has 0 atom stereocenters. The Balaban J connectivity index is 2.32. The molecule has 5 heteroatoms. The quantitative estimate of drug-likeness (QED) is 0.798. The van der Waals surface area contributed by atoms with E-state index in [1.165, 1.54) is 0 Å². The lowest BCUT2D eigenvalue weighted by atomic mass is 9.61. The van der Waals surface area contributed by atoms with Gasteiger partial charge in [0, 0.05) is 27.1 Å². The molecule has 0 aliphatic heterocycles. The van der Waals surface area contributed by atoms with Gasteiger partial charge in [-0.2, -0.15) is 5.26 Å². The second-order valence-electron chi connectivity index (χ2n) is 4.50. The highest BCUT2D eigenvalue weighted by Crippen LogP contribution is 2.52. The van der Waals surface area contributed by atoms with Crippen LogP contribution in [0.2, 0.25) is 10.0 Å². The third-order valence-electron chi connectivity index (χ3n) is 3.57. The first-order valence-electron chi connectivity index (χ1n) is 5.48. The fourth-order valence-corrected chi connectivity index (χ4v) is 2.68. The minimum atomic E-state index is -0.665. The van der Waals surface area contributed by atoms with Crippen LogP contribution in [0.4, 0.5) is 0 Å². The normalized spacial score (nSPS) is 19.9. The zero-order valence-corrected chi connectivity index (χ0v) is 11.7. The molecule has 0 N–H and O–H groups in total. The van der Waals surface area contributed by atoms with E-state index in [9.17, 15) is 5.26 Å². The number of hydrogen-bond acceptors (Lipinski definition) is 3. The number of nitrogens with zero attached hydrogens (tertiary/aromatic N) is 1. The van der Waals surface area contributed by atoms with Crippen LogP contribution >= 0.6 is 23.2 Å². The van der Waals surface area contributed by atoms with Crippen LogP contribution in [0.25, 0.3) is 0 Å². The van der Waals surface area contributed by atoms with E-state index in [4.69, 9.17) is 32.7 Å². The maximum atomic E-state index is 9.44. The molecule has 0 saturated heterocycles. The molecule has 0 spiro atoms. The molecule has 1 fully saturated rings. The lowest BCUT2D eigenvalue weighted by Crippen LogP contribution is -2.56. The molecule has 0 unspecified atom stereocenters. The van der Waals surface area contributed by atoms with Crippen molar-refractivity contribution in [3.05, 3.63) is 33.8 Å². The van der Waals surface area contributed by atoms with E-state index in [0.29, 0.717) is 22.9 Å². The van der Waals surface area contributed by atoms with Crippen LogP contribution in [-0.4, -0.2) is 20.0 Å². The topological polar surface area (TPSA) is 42.2 Å². The molecule has 1 aromatic rings. The lowest BCUT2D eigenvalue weighted by molar-refractivity contribution is -0.269. The second kappa shape index (κ2) is 4.71. The van der Waals surface area contributed by atoms with Gasteiger partial charge in [-0.25, -0.2) is 0 Å². The first-order chi connectivity index (χ1) is 8.51. The van der Waals surface area contributed by atoms with Crippen LogP contribution in [0.15, 0.2) is 18.2 Å². The molecule has 2 rings (SSSR count). The molecule has 0 radical (unpaired) electrons. The molecule has 0 amide bonds. The molecule has 96 valence electrons. The average Bonchev–Trinajstić information content (AvgIpc) is 2.34. The minimum Gasteiger partial charge on any atom is -0.353 e. The van der Waals surface area contributed by atoms with Crippen LogP contribution in [0, 0.1) is 11.3 Å². The van der Waals surface area contributed by atoms with Gasteiger partial charge in [0.1, 0.15) is 0 Å². The second-order valence-corrected chi connectivity index (χ2v) is 5.31. The molecule has 1 aliphatic rings. The summed E-state index contributed by atoms with van der Waals surface area (Å²) in [6, 6.07) is 7.61. The number of benzene rings is 1. The highest BCUT2D eigenvalue weighted by molar-refractivity contribution is 6.42. The number of hydrogen-bond donors (Lipinski definition) is 0. The molecule has 1 aliphatic carbocycles. The molecule has 0 heterocycles. The summed E-state index contributed by atoms with van der Waals surface area (Å²) >= 11 is 11.9. The fourth-order valence-electron chi connectivity index (χ4n) is 2.38. The minimum absolute atomic E-state index is 0.455. The van der Waals surface area contributed by atoms with Gasteiger partial charge in [-0.05, 0) is 17.7 Å². The molecular weight excluding hydrogens is 273 g/mol. The molecule has 3 nitrogen and oxygen atoms in total. The predicted octanol–water partition coefficient (Wildman–Crippen LogP) is 3.54. The van der Waals surface area contributed by atoms with Crippen molar-refractivity contribution in [2.75, 3.05) is 14.2 Å². The van der Waals surface area contributed by atoms with Gasteiger partial charge in [0.05, 0.1) is 21.5 Å². The summed E-state index contributed by atoms with van der Waals surface area (Å²) < 4.78 is 10.6. The van der Waals surface area contributed by atoms with E-state index in [1.54, 1.807) is 26.4 Å². The Morgan fingerprint density at radius 2 is 1.78 bits per heavy atom. The van der Waals surface area contributed by atoms with Crippen molar-refractivity contribution in [2.45, 2.75) is 24.0 Å². The molecule has 0 bridgehead atoms. The Morgan fingerprint density at radius 1 is 1.17 bits per heavy atom. The molecule has 18 heavy (non-hydrogen) atoms. The van der Waals surface area contributed by atoms with Gasteiger partial charge in [0.25, 0.3) is 0 Å². The average molecular weight is 286 g/mol. The van der Waals surface area contributed by atoms with E-state index in [0.717, 1.165) is 5.56 Å². The van der Waals surface area contributed by atoms with Crippen molar-refractivity contribution in [3.8, 4) is 6.07 Å².